The highest BCUT2D eigenvalue weighted by molar-refractivity contribution is 8.18. The monoisotopic (exact) mass is 338 g/mol. The van der Waals surface area contributed by atoms with E-state index in [0.717, 1.165) is 28.0 Å². The third-order valence-corrected chi connectivity index (χ3v) is 5.08. The molecule has 0 bridgehead atoms. The highest BCUT2D eigenvalue weighted by Crippen LogP contribution is 2.32. The molecule has 1 aromatic heterocycles. The minimum atomic E-state index is -0.409. The Labute approximate surface area is 137 Å². The Balaban J connectivity index is 2.05. The zero-order valence-corrected chi connectivity index (χ0v) is 14.3. The summed E-state index contributed by atoms with van der Waals surface area (Å²) in [5.74, 6) is -0.737. The largest absolute Gasteiger partial charge is 0.350 e. The predicted octanol–water partition coefficient (Wildman–Crippen LogP) is 3.09. The van der Waals surface area contributed by atoms with Gasteiger partial charge in [0.05, 0.1) is 4.91 Å². The molecule has 0 unspecified atom stereocenters. The third-order valence-electron chi connectivity index (χ3n) is 3.35. The van der Waals surface area contributed by atoms with E-state index in [4.69, 9.17) is 0 Å². The van der Waals surface area contributed by atoms with Crippen molar-refractivity contribution in [2.75, 3.05) is 6.54 Å². The van der Waals surface area contributed by atoms with Gasteiger partial charge in [-0.15, -0.1) is 11.3 Å². The van der Waals surface area contributed by atoms with Gasteiger partial charge in [0.1, 0.15) is 6.54 Å². The molecule has 5 nitrogen and oxygen atoms in total. The second kappa shape index (κ2) is 6.66. The lowest BCUT2D eigenvalue weighted by Gasteiger charge is -2.25. The maximum Gasteiger partial charge on any atom is 0.294 e. The van der Waals surface area contributed by atoms with Crippen LogP contribution in [-0.4, -0.2) is 34.0 Å². The number of nitrogens with one attached hydrogen (secondary N) is 1. The van der Waals surface area contributed by atoms with E-state index >= 15 is 0 Å². The fourth-order valence-corrected chi connectivity index (χ4v) is 3.35. The van der Waals surface area contributed by atoms with Crippen LogP contribution in [0.5, 0.6) is 0 Å². The van der Waals surface area contributed by atoms with Crippen molar-refractivity contribution in [1.29, 1.82) is 0 Å². The molecule has 0 aromatic carbocycles. The molecule has 1 saturated heterocycles. The van der Waals surface area contributed by atoms with Crippen LogP contribution >= 0.6 is 23.1 Å². The third kappa shape index (κ3) is 3.98. The topological polar surface area (TPSA) is 66.5 Å². The highest BCUT2D eigenvalue weighted by Gasteiger charge is 2.36. The first-order valence-corrected chi connectivity index (χ1v) is 8.62. The average molecular weight is 338 g/mol. The van der Waals surface area contributed by atoms with E-state index in [2.05, 4.69) is 5.32 Å². The van der Waals surface area contributed by atoms with Crippen LogP contribution in [-0.2, 0) is 9.59 Å². The quantitative estimate of drug-likeness (QED) is 0.838. The van der Waals surface area contributed by atoms with Crippen LogP contribution in [0.2, 0.25) is 0 Å². The number of carbonyl (C=O) groups excluding carboxylic acids is 3. The highest BCUT2D eigenvalue weighted by atomic mass is 32.2. The second-order valence-electron chi connectivity index (χ2n) is 5.57. The Morgan fingerprint density at radius 3 is 2.73 bits per heavy atom. The molecule has 3 amide bonds. The van der Waals surface area contributed by atoms with E-state index in [0.29, 0.717) is 4.91 Å². The number of thioether (sulfide) groups is 1. The molecule has 2 heterocycles. The molecule has 1 fully saturated rings. The van der Waals surface area contributed by atoms with Crippen molar-refractivity contribution < 1.29 is 14.4 Å². The zero-order valence-electron chi connectivity index (χ0n) is 12.7. The van der Waals surface area contributed by atoms with Crippen molar-refractivity contribution in [3.8, 4) is 0 Å². The lowest BCUT2D eigenvalue weighted by Crippen LogP contribution is -2.48. The summed E-state index contributed by atoms with van der Waals surface area (Å²) in [5.41, 5.74) is -0.355. The molecule has 0 aliphatic carbocycles. The van der Waals surface area contributed by atoms with Crippen molar-refractivity contribution >= 4 is 46.2 Å². The second-order valence-corrected chi connectivity index (χ2v) is 7.54. The summed E-state index contributed by atoms with van der Waals surface area (Å²) < 4.78 is 0. The standard InChI is InChI=1S/C15H18N2O3S2/c1-4-15(2,3)16-12(18)9-17-13(19)11(22-14(17)20)8-10-6-5-7-21-10/h5-8H,4,9H2,1-3H3,(H,16,18)/b11-8-. The van der Waals surface area contributed by atoms with E-state index in [9.17, 15) is 14.4 Å². The molecular formula is C15H18N2O3S2. The van der Waals surface area contributed by atoms with Gasteiger partial charge in [-0.1, -0.05) is 13.0 Å². The zero-order chi connectivity index (χ0) is 16.3. The van der Waals surface area contributed by atoms with E-state index in [-0.39, 0.29) is 18.0 Å². The first-order chi connectivity index (χ1) is 10.3. The number of hydrogen-bond acceptors (Lipinski definition) is 5. The van der Waals surface area contributed by atoms with Crippen molar-refractivity contribution in [3.63, 3.8) is 0 Å². The molecule has 1 N–H and O–H groups in total. The fourth-order valence-electron chi connectivity index (χ4n) is 1.79. The molecule has 22 heavy (non-hydrogen) atoms. The van der Waals surface area contributed by atoms with Gasteiger partial charge < -0.3 is 5.32 Å². The molecule has 118 valence electrons. The van der Waals surface area contributed by atoms with Crippen LogP contribution in [0.4, 0.5) is 4.79 Å². The van der Waals surface area contributed by atoms with Gasteiger partial charge in [0.2, 0.25) is 5.91 Å². The molecule has 1 aliphatic rings. The van der Waals surface area contributed by atoms with E-state index < -0.39 is 11.1 Å². The van der Waals surface area contributed by atoms with Gasteiger partial charge >= 0.3 is 0 Å². The minimum absolute atomic E-state index is 0.240. The van der Waals surface area contributed by atoms with Gasteiger partial charge in [0, 0.05) is 10.4 Å². The summed E-state index contributed by atoms with van der Waals surface area (Å²) in [6.07, 6.45) is 2.45. The van der Waals surface area contributed by atoms with Crippen molar-refractivity contribution in [2.24, 2.45) is 0 Å². The van der Waals surface area contributed by atoms with Gasteiger partial charge in [-0.2, -0.15) is 0 Å². The SMILES string of the molecule is CCC(C)(C)NC(=O)CN1C(=O)S/C(=C\c2cccs2)C1=O. The van der Waals surface area contributed by atoms with E-state index in [1.165, 1.54) is 11.3 Å². The number of rotatable bonds is 5. The Bertz CT molecular complexity index is 621. The summed E-state index contributed by atoms with van der Waals surface area (Å²) >= 11 is 2.36. The number of carbonyl (C=O) groups is 3. The van der Waals surface area contributed by atoms with Crippen LogP contribution in [0, 0.1) is 0 Å². The lowest BCUT2D eigenvalue weighted by atomic mass is 10.0. The lowest BCUT2D eigenvalue weighted by molar-refractivity contribution is -0.130. The van der Waals surface area contributed by atoms with Gasteiger partial charge in [-0.25, -0.2) is 0 Å². The first-order valence-electron chi connectivity index (χ1n) is 6.92. The summed E-state index contributed by atoms with van der Waals surface area (Å²) in [5, 5.41) is 4.32. The van der Waals surface area contributed by atoms with Crippen LogP contribution in [0.15, 0.2) is 22.4 Å². The summed E-state index contributed by atoms with van der Waals surface area (Å²) in [7, 11) is 0. The Morgan fingerprint density at radius 1 is 1.41 bits per heavy atom. The molecule has 7 heteroatoms. The van der Waals surface area contributed by atoms with Crippen molar-refractivity contribution in [2.45, 2.75) is 32.7 Å². The number of amides is 3. The number of imide groups is 1. The molecule has 0 saturated carbocycles. The van der Waals surface area contributed by atoms with Gasteiger partial charge in [-0.05, 0) is 49.6 Å². The van der Waals surface area contributed by atoms with Crippen LogP contribution in [0.1, 0.15) is 32.1 Å². The number of thiophene rings is 1. The van der Waals surface area contributed by atoms with Crippen molar-refractivity contribution in [3.05, 3.63) is 27.3 Å². The summed E-state index contributed by atoms with van der Waals surface area (Å²) in [6.45, 7) is 5.52. The normalized spacial score (nSPS) is 17.4. The summed E-state index contributed by atoms with van der Waals surface area (Å²) in [4.78, 5) is 38.5. The van der Waals surface area contributed by atoms with E-state index in [1.807, 2.05) is 38.3 Å². The number of hydrogen-bond donors (Lipinski definition) is 1. The molecule has 0 spiro atoms. The minimum Gasteiger partial charge on any atom is -0.350 e. The summed E-state index contributed by atoms with van der Waals surface area (Å²) in [6, 6.07) is 3.75. The fraction of sp³-hybridized carbons (Fsp3) is 0.400. The van der Waals surface area contributed by atoms with Crippen LogP contribution in [0.25, 0.3) is 6.08 Å². The van der Waals surface area contributed by atoms with Gasteiger partial charge in [0.15, 0.2) is 0 Å². The average Bonchev–Trinajstić information content (AvgIpc) is 3.03. The van der Waals surface area contributed by atoms with Crippen LogP contribution < -0.4 is 5.32 Å². The maximum atomic E-state index is 12.3. The van der Waals surface area contributed by atoms with Crippen LogP contribution in [0.3, 0.4) is 0 Å². The first kappa shape index (κ1) is 16.8. The molecule has 1 aromatic rings. The number of nitrogens with zero attached hydrogens (tertiary/aromatic N) is 1. The van der Waals surface area contributed by atoms with Crippen molar-refractivity contribution in [1.82, 2.24) is 10.2 Å². The Kier molecular flexibility index (Phi) is 5.08. The predicted molar refractivity (Wildman–Crippen MR) is 89.5 cm³/mol. The smallest absolute Gasteiger partial charge is 0.294 e. The Morgan fingerprint density at radius 2 is 2.14 bits per heavy atom. The maximum absolute atomic E-state index is 12.3. The Hall–Kier alpha value is -1.60. The van der Waals surface area contributed by atoms with E-state index in [1.54, 1.807) is 6.08 Å². The molecular weight excluding hydrogens is 320 g/mol. The molecule has 0 radical (unpaired) electrons. The molecule has 1 aliphatic heterocycles. The van der Waals surface area contributed by atoms with Gasteiger partial charge in [0.25, 0.3) is 11.1 Å². The van der Waals surface area contributed by atoms with Gasteiger partial charge in [-0.3, -0.25) is 19.3 Å². The molecule has 2 rings (SSSR count). The molecule has 0 atom stereocenters.